The van der Waals surface area contributed by atoms with E-state index in [-0.39, 0.29) is 31.0 Å². The molecule has 0 saturated carbocycles. The molecule has 0 aliphatic carbocycles. The summed E-state index contributed by atoms with van der Waals surface area (Å²) in [6, 6.07) is 16.6. The highest BCUT2D eigenvalue weighted by atomic mass is 16.6. The van der Waals surface area contributed by atoms with Crippen LogP contribution in [0.5, 0.6) is 0 Å². The molecule has 3 heterocycles. The van der Waals surface area contributed by atoms with Crippen molar-refractivity contribution in [1.82, 2.24) is 0 Å². The molecule has 2 aromatic carbocycles. The summed E-state index contributed by atoms with van der Waals surface area (Å²) >= 11 is 0. The first-order valence-electron chi connectivity index (χ1n) is 13.6. The molecule has 7 heteroatoms. The zero-order valence-electron chi connectivity index (χ0n) is 24.0. The number of aliphatic hydroxyl groups excluding tert-OH is 2. The molecule has 3 aliphatic heterocycles. The fourth-order valence-electron chi connectivity index (χ4n) is 5.43. The van der Waals surface area contributed by atoms with E-state index in [9.17, 15) is 4.79 Å². The van der Waals surface area contributed by atoms with Crippen LogP contribution < -0.4 is 0 Å². The Hall–Kier alpha value is -3.03. The van der Waals surface area contributed by atoms with Crippen LogP contribution in [-0.4, -0.2) is 61.4 Å². The van der Waals surface area contributed by atoms with Crippen molar-refractivity contribution in [3.63, 3.8) is 0 Å². The predicted octanol–water partition coefficient (Wildman–Crippen LogP) is 5.24. The maximum absolute atomic E-state index is 11.9. The average molecular weight is 551 g/mol. The summed E-state index contributed by atoms with van der Waals surface area (Å²) in [5.74, 6) is -0.421. The van der Waals surface area contributed by atoms with E-state index in [1.165, 1.54) is 23.8 Å². The molecule has 7 nitrogen and oxygen atoms in total. The van der Waals surface area contributed by atoms with E-state index in [1.54, 1.807) is 0 Å². The first-order chi connectivity index (χ1) is 19.3. The molecule has 0 bridgehead atoms. The summed E-state index contributed by atoms with van der Waals surface area (Å²) in [7, 11) is 2.36. The number of fused-ring (bicyclic) bond motifs is 1. The highest BCUT2D eigenvalue weighted by molar-refractivity contribution is 5.90. The van der Waals surface area contributed by atoms with Crippen LogP contribution >= 0.6 is 0 Å². The summed E-state index contributed by atoms with van der Waals surface area (Å²) in [4.78, 5) is 11.9. The Morgan fingerprint density at radius 1 is 1.02 bits per heavy atom. The van der Waals surface area contributed by atoms with Crippen LogP contribution in [-0.2, 0) is 23.7 Å². The number of benzene rings is 2. The molecule has 2 N–H and O–H groups in total. The lowest BCUT2D eigenvalue weighted by molar-refractivity contribution is -0.139. The number of hydrogen-bond donors (Lipinski definition) is 2. The molecular weight excluding hydrogens is 508 g/mol. The summed E-state index contributed by atoms with van der Waals surface area (Å²) in [6.07, 6.45) is 2.69. The van der Waals surface area contributed by atoms with E-state index < -0.39 is 11.6 Å². The molecule has 0 spiro atoms. The van der Waals surface area contributed by atoms with Crippen LogP contribution in [0.25, 0.3) is 0 Å². The standard InChI is InChI=1S/C17H20O4.C15H18O2.CH4O/c1-11-4-6-13(7-5-11)14-10-17(12(2)16(18)19-3)15(21-14)8-9-20-17;1-3-12-10-15(17-14(12)8-9-16)13-6-4-11(2)5-7-13;1-2/h4-7,14-15H,2,8-10H2,1,3H3;4-7,14-16H,1,8-10H2,2H3;2H,1H3/t14?,15?,17-;;/m1../s1. The maximum atomic E-state index is 11.9. The van der Waals surface area contributed by atoms with Crippen LogP contribution in [0.3, 0.4) is 0 Å². The highest BCUT2D eigenvalue weighted by Gasteiger charge is 2.56. The summed E-state index contributed by atoms with van der Waals surface area (Å²) in [6.45, 7) is 12.4. The zero-order valence-corrected chi connectivity index (χ0v) is 24.0. The van der Waals surface area contributed by atoms with Crippen molar-refractivity contribution in [2.24, 2.45) is 0 Å². The molecule has 4 unspecified atom stereocenters. The van der Waals surface area contributed by atoms with Crippen molar-refractivity contribution >= 4 is 5.97 Å². The van der Waals surface area contributed by atoms with Gasteiger partial charge >= 0.3 is 5.97 Å². The molecule has 5 atom stereocenters. The number of ether oxygens (including phenoxy) is 4. The monoisotopic (exact) mass is 550 g/mol. The molecule has 3 saturated heterocycles. The van der Waals surface area contributed by atoms with Gasteiger partial charge in [-0.1, -0.05) is 72.8 Å². The van der Waals surface area contributed by atoms with Gasteiger partial charge in [0.25, 0.3) is 0 Å². The normalized spacial score (nSPS) is 26.5. The van der Waals surface area contributed by atoms with E-state index in [2.05, 4.69) is 81.3 Å². The largest absolute Gasteiger partial charge is 0.466 e. The summed E-state index contributed by atoms with van der Waals surface area (Å²) < 4.78 is 22.8. The van der Waals surface area contributed by atoms with E-state index in [1.807, 2.05) is 0 Å². The smallest absolute Gasteiger partial charge is 0.336 e. The number of aliphatic hydroxyl groups is 2. The van der Waals surface area contributed by atoms with Gasteiger partial charge < -0.3 is 29.2 Å². The average Bonchev–Trinajstić information content (AvgIpc) is 3.68. The van der Waals surface area contributed by atoms with Gasteiger partial charge in [0.2, 0.25) is 0 Å². The lowest BCUT2D eigenvalue weighted by Gasteiger charge is -2.27. The highest BCUT2D eigenvalue weighted by Crippen LogP contribution is 2.50. The fraction of sp³-hybridized carbons (Fsp3) is 0.455. The number of carbonyl (C=O) groups excluding carboxylic acids is 1. The van der Waals surface area contributed by atoms with Gasteiger partial charge in [0.15, 0.2) is 0 Å². The Labute approximate surface area is 237 Å². The molecule has 40 heavy (non-hydrogen) atoms. The first kappa shape index (κ1) is 31.5. The van der Waals surface area contributed by atoms with Crippen molar-refractivity contribution in [1.29, 1.82) is 0 Å². The molecule has 0 radical (unpaired) electrons. The lowest BCUT2D eigenvalue weighted by Crippen LogP contribution is -2.40. The minimum atomic E-state index is -0.733. The molecule has 0 aromatic heterocycles. The Morgan fingerprint density at radius 2 is 1.60 bits per heavy atom. The van der Waals surface area contributed by atoms with Crippen molar-refractivity contribution < 1.29 is 34.0 Å². The van der Waals surface area contributed by atoms with Gasteiger partial charge in [-0.2, -0.15) is 0 Å². The van der Waals surface area contributed by atoms with Gasteiger partial charge in [-0.25, -0.2) is 4.79 Å². The molecular formula is C33H42O7. The van der Waals surface area contributed by atoms with Crippen LogP contribution in [0.2, 0.25) is 0 Å². The molecule has 3 aliphatic rings. The molecule has 0 amide bonds. The Morgan fingerprint density at radius 3 is 2.12 bits per heavy atom. The zero-order chi connectivity index (χ0) is 29.3. The van der Waals surface area contributed by atoms with Gasteiger partial charge in [0.05, 0.1) is 43.7 Å². The van der Waals surface area contributed by atoms with Gasteiger partial charge in [-0.05, 0) is 25.0 Å². The van der Waals surface area contributed by atoms with Crippen molar-refractivity contribution in [2.45, 2.75) is 69.5 Å². The first-order valence-corrected chi connectivity index (χ1v) is 13.6. The number of methoxy groups -OCH3 is 1. The minimum absolute atomic E-state index is 0.0243. The number of rotatable bonds is 6. The third-order valence-corrected chi connectivity index (χ3v) is 7.66. The number of hydrogen-bond acceptors (Lipinski definition) is 7. The van der Waals surface area contributed by atoms with E-state index >= 15 is 0 Å². The Kier molecular flexibility index (Phi) is 11.5. The van der Waals surface area contributed by atoms with E-state index in [0.717, 1.165) is 31.1 Å². The second-order valence-electron chi connectivity index (χ2n) is 10.2. The van der Waals surface area contributed by atoms with Gasteiger partial charge in [0, 0.05) is 45.0 Å². The Bertz CT molecular complexity index is 1180. The molecule has 2 aromatic rings. The topological polar surface area (TPSA) is 94.5 Å². The molecule has 5 rings (SSSR count). The van der Waals surface area contributed by atoms with Crippen molar-refractivity contribution in [2.75, 3.05) is 27.4 Å². The van der Waals surface area contributed by atoms with Crippen LogP contribution in [0.4, 0.5) is 0 Å². The third kappa shape index (κ3) is 6.99. The van der Waals surface area contributed by atoms with E-state index in [4.69, 9.17) is 29.2 Å². The van der Waals surface area contributed by atoms with Crippen LogP contribution in [0.1, 0.15) is 60.1 Å². The van der Waals surface area contributed by atoms with Crippen molar-refractivity contribution in [3.8, 4) is 0 Å². The van der Waals surface area contributed by atoms with Crippen LogP contribution in [0, 0.1) is 13.8 Å². The molecule has 216 valence electrons. The second kappa shape index (κ2) is 14.6. The SMILES string of the molecule is C=C(C(=O)OC)[C@]12CC(c3ccc(C)cc3)OC1CCO2.C=C=C1CC(c2ccc(C)cc2)OC1CCO.CO. The quantitative estimate of drug-likeness (QED) is 0.289. The summed E-state index contributed by atoms with van der Waals surface area (Å²) in [5, 5.41) is 16.0. The number of esters is 1. The lowest BCUT2D eigenvalue weighted by atomic mass is 9.85. The minimum Gasteiger partial charge on any atom is -0.466 e. The van der Waals surface area contributed by atoms with Crippen molar-refractivity contribution in [3.05, 3.63) is 101 Å². The summed E-state index contributed by atoms with van der Waals surface area (Å²) in [5.41, 5.74) is 8.39. The fourth-order valence-corrected chi connectivity index (χ4v) is 5.43. The van der Waals surface area contributed by atoms with E-state index in [0.29, 0.717) is 25.0 Å². The Balaban J connectivity index is 0.000000212. The van der Waals surface area contributed by atoms with Gasteiger partial charge in [0.1, 0.15) is 5.60 Å². The number of aryl methyl sites for hydroxylation is 2. The van der Waals surface area contributed by atoms with Gasteiger partial charge in [-0.15, -0.1) is 5.73 Å². The number of carbonyl (C=O) groups is 1. The molecule has 3 fully saturated rings. The van der Waals surface area contributed by atoms with Crippen LogP contribution in [0.15, 0.2) is 78.6 Å². The predicted molar refractivity (Wildman–Crippen MR) is 154 cm³/mol. The van der Waals surface area contributed by atoms with Gasteiger partial charge in [-0.3, -0.25) is 0 Å². The third-order valence-electron chi connectivity index (χ3n) is 7.66. The second-order valence-corrected chi connectivity index (χ2v) is 10.2. The maximum Gasteiger partial charge on any atom is 0.336 e.